The minimum Gasteiger partial charge on any atom is -0.473 e. The summed E-state index contributed by atoms with van der Waals surface area (Å²) in [6, 6.07) is 9.51. The summed E-state index contributed by atoms with van der Waals surface area (Å²) in [6.45, 7) is 2.23. The van der Waals surface area contributed by atoms with Crippen LogP contribution in [-0.4, -0.2) is 9.97 Å². The Morgan fingerprint density at radius 2 is 2.12 bits per heavy atom. The fourth-order valence-electron chi connectivity index (χ4n) is 1.36. The van der Waals surface area contributed by atoms with Gasteiger partial charge in [-0.25, -0.2) is 4.98 Å². The van der Waals surface area contributed by atoms with Crippen LogP contribution in [0.15, 0.2) is 34.8 Å². The standard InChI is InChI=1S/C12H10BrClN2O/c1-8-15-11(14)6-12(16-8)17-7-9-3-2-4-10(13)5-9/h2-6H,7H2,1H3. The average molecular weight is 314 g/mol. The predicted octanol–water partition coefficient (Wildman–Crippen LogP) is 3.78. The molecule has 1 aromatic carbocycles. The lowest BCUT2D eigenvalue weighted by Crippen LogP contribution is -1.99. The summed E-state index contributed by atoms with van der Waals surface area (Å²) in [5.74, 6) is 1.09. The summed E-state index contributed by atoms with van der Waals surface area (Å²) in [4.78, 5) is 8.11. The normalized spacial score (nSPS) is 10.3. The van der Waals surface area contributed by atoms with E-state index in [1.165, 1.54) is 0 Å². The van der Waals surface area contributed by atoms with Crippen LogP contribution in [0.25, 0.3) is 0 Å². The van der Waals surface area contributed by atoms with Crippen LogP contribution in [0.3, 0.4) is 0 Å². The van der Waals surface area contributed by atoms with Gasteiger partial charge in [-0.2, -0.15) is 4.98 Å². The molecule has 0 unspecified atom stereocenters. The second-order valence-corrected chi connectivity index (χ2v) is 4.80. The molecular formula is C12H10BrClN2O. The van der Waals surface area contributed by atoms with Crippen LogP contribution < -0.4 is 4.74 Å². The third-order valence-corrected chi connectivity index (χ3v) is 2.75. The molecule has 0 aliphatic carbocycles. The maximum absolute atomic E-state index is 5.82. The van der Waals surface area contributed by atoms with Gasteiger partial charge in [0.2, 0.25) is 5.88 Å². The van der Waals surface area contributed by atoms with Crippen LogP contribution >= 0.6 is 27.5 Å². The van der Waals surface area contributed by atoms with Gasteiger partial charge in [0.15, 0.2) is 0 Å². The van der Waals surface area contributed by atoms with E-state index >= 15 is 0 Å². The van der Waals surface area contributed by atoms with Crippen molar-refractivity contribution in [3.63, 3.8) is 0 Å². The van der Waals surface area contributed by atoms with Gasteiger partial charge in [0.05, 0.1) is 0 Å². The Balaban J connectivity index is 2.07. The number of rotatable bonds is 3. The van der Waals surface area contributed by atoms with Crippen molar-refractivity contribution in [2.24, 2.45) is 0 Å². The van der Waals surface area contributed by atoms with Crippen molar-refractivity contribution < 1.29 is 4.74 Å². The number of hydrogen-bond acceptors (Lipinski definition) is 3. The number of aromatic nitrogens is 2. The number of hydrogen-bond donors (Lipinski definition) is 0. The lowest BCUT2D eigenvalue weighted by molar-refractivity contribution is 0.292. The summed E-state index contributed by atoms with van der Waals surface area (Å²) in [5, 5.41) is 0.391. The van der Waals surface area contributed by atoms with Crippen molar-refractivity contribution >= 4 is 27.5 Å². The summed E-state index contributed by atoms with van der Waals surface area (Å²) in [5.41, 5.74) is 1.06. The van der Waals surface area contributed by atoms with Crippen LogP contribution in [0.2, 0.25) is 5.15 Å². The van der Waals surface area contributed by atoms with Crippen molar-refractivity contribution in [2.45, 2.75) is 13.5 Å². The molecule has 0 saturated heterocycles. The molecule has 0 N–H and O–H groups in total. The number of aryl methyl sites for hydroxylation is 1. The molecule has 88 valence electrons. The van der Waals surface area contributed by atoms with E-state index in [9.17, 15) is 0 Å². The molecule has 17 heavy (non-hydrogen) atoms. The number of halogens is 2. The Morgan fingerprint density at radius 3 is 2.82 bits per heavy atom. The first kappa shape index (κ1) is 12.3. The molecule has 2 rings (SSSR count). The summed E-state index contributed by atoms with van der Waals surface area (Å²) in [7, 11) is 0. The Hall–Kier alpha value is -1.13. The second-order valence-electron chi connectivity index (χ2n) is 3.49. The van der Waals surface area contributed by atoms with Crippen molar-refractivity contribution in [3.05, 3.63) is 51.3 Å². The van der Waals surface area contributed by atoms with Crippen molar-refractivity contribution in [1.82, 2.24) is 9.97 Å². The molecule has 0 atom stereocenters. The van der Waals surface area contributed by atoms with Gasteiger partial charge < -0.3 is 4.74 Å². The number of benzene rings is 1. The largest absolute Gasteiger partial charge is 0.473 e. The molecule has 1 heterocycles. The summed E-state index contributed by atoms with van der Waals surface area (Å²) >= 11 is 9.23. The Labute approximate surface area is 113 Å². The van der Waals surface area contributed by atoms with Crippen LogP contribution in [0.5, 0.6) is 5.88 Å². The van der Waals surface area contributed by atoms with E-state index in [-0.39, 0.29) is 0 Å². The van der Waals surface area contributed by atoms with E-state index < -0.39 is 0 Å². The van der Waals surface area contributed by atoms with Crippen molar-refractivity contribution in [1.29, 1.82) is 0 Å². The minimum atomic E-state index is 0.391. The lowest BCUT2D eigenvalue weighted by atomic mass is 10.2. The first-order valence-electron chi connectivity index (χ1n) is 5.02. The summed E-state index contributed by atoms with van der Waals surface area (Å²) in [6.07, 6.45) is 0. The third-order valence-electron chi connectivity index (χ3n) is 2.06. The predicted molar refractivity (Wildman–Crippen MR) is 70.3 cm³/mol. The molecule has 0 radical (unpaired) electrons. The van der Waals surface area contributed by atoms with E-state index in [0.717, 1.165) is 10.0 Å². The van der Waals surface area contributed by atoms with Gasteiger partial charge >= 0.3 is 0 Å². The van der Waals surface area contributed by atoms with E-state index in [2.05, 4.69) is 25.9 Å². The monoisotopic (exact) mass is 312 g/mol. The minimum absolute atomic E-state index is 0.391. The SMILES string of the molecule is Cc1nc(Cl)cc(OCc2cccc(Br)c2)n1. The maximum Gasteiger partial charge on any atom is 0.218 e. The molecule has 0 saturated carbocycles. The van der Waals surface area contributed by atoms with Gasteiger partial charge in [-0.15, -0.1) is 0 Å². The smallest absolute Gasteiger partial charge is 0.218 e. The first-order chi connectivity index (χ1) is 8.13. The van der Waals surface area contributed by atoms with Gasteiger partial charge in [-0.05, 0) is 24.6 Å². The lowest BCUT2D eigenvalue weighted by Gasteiger charge is -2.06. The van der Waals surface area contributed by atoms with E-state index in [4.69, 9.17) is 16.3 Å². The van der Waals surface area contributed by atoms with Gasteiger partial charge in [0.25, 0.3) is 0 Å². The van der Waals surface area contributed by atoms with Crippen LogP contribution in [-0.2, 0) is 6.61 Å². The van der Waals surface area contributed by atoms with E-state index in [0.29, 0.717) is 23.5 Å². The fourth-order valence-corrected chi connectivity index (χ4v) is 2.03. The average Bonchev–Trinajstić information content (AvgIpc) is 2.25. The maximum atomic E-state index is 5.82. The number of ether oxygens (including phenoxy) is 1. The highest BCUT2D eigenvalue weighted by atomic mass is 79.9. The van der Waals surface area contributed by atoms with E-state index in [1.807, 2.05) is 24.3 Å². The molecule has 5 heteroatoms. The molecule has 0 spiro atoms. The topological polar surface area (TPSA) is 35.0 Å². The van der Waals surface area contributed by atoms with Crippen LogP contribution in [0.1, 0.15) is 11.4 Å². The fraction of sp³-hybridized carbons (Fsp3) is 0.167. The zero-order valence-electron chi connectivity index (χ0n) is 9.15. The van der Waals surface area contributed by atoms with Crippen LogP contribution in [0.4, 0.5) is 0 Å². The molecule has 0 fully saturated rings. The molecule has 0 bridgehead atoms. The van der Waals surface area contributed by atoms with Gasteiger partial charge in [-0.1, -0.05) is 39.7 Å². The van der Waals surface area contributed by atoms with Crippen molar-refractivity contribution in [3.8, 4) is 5.88 Å². The molecule has 0 aliphatic rings. The zero-order chi connectivity index (χ0) is 12.3. The molecule has 0 amide bonds. The Kier molecular flexibility index (Phi) is 3.97. The zero-order valence-corrected chi connectivity index (χ0v) is 11.5. The highest BCUT2D eigenvalue weighted by Crippen LogP contribution is 2.16. The first-order valence-corrected chi connectivity index (χ1v) is 6.19. The Morgan fingerprint density at radius 1 is 1.29 bits per heavy atom. The molecule has 2 aromatic rings. The van der Waals surface area contributed by atoms with Gasteiger partial charge in [-0.3, -0.25) is 0 Å². The molecule has 3 nitrogen and oxygen atoms in total. The van der Waals surface area contributed by atoms with Crippen molar-refractivity contribution in [2.75, 3.05) is 0 Å². The van der Waals surface area contributed by atoms with E-state index in [1.54, 1.807) is 13.0 Å². The highest BCUT2D eigenvalue weighted by molar-refractivity contribution is 9.10. The molecule has 0 aliphatic heterocycles. The number of nitrogens with zero attached hydrogens (tertiary/aromatic N) is 2. The third kappa shape index (κ3) is 3.68. The van der Waals surface area contributed by atoms with Gasteiger partial charge in [0.1, 0.15) is 17.6 Å². The molecule has 1 aromatic heterocycles. The second kappa shape index (κ2) is 5.47. The highest BCUT2D eigenvalue weighted by Gasteiger charge is 2.01. The molecular weight excluding hydrogens is 304 g/mol. The van der Waals surface area contributed by atoms with Gasteiger partial charge in [0, 0.05) is 10.5 Å². The Bertz CT molecular complexity index is 513. The quantitative estimate of drug-likeness (QED) is 0.809. The summed E-state index contributed by atoms with van der Waals surface area (Å²) < 4.78 is 6.58. The van der Waals surface area contributed by atoms with Crippen LogP contribution in [0, 0.1) is 6.92 Å².